The van der Waals surface area contributed by atoms with Crippen molar-refractivity contribution in [2.24, 2.45) is 11.5 Å². The van der Waals surface area contributed by atoms with E-state index in [0.29, 0.717) is 24.5 Å². The fourth-order valence-electron chi connectivity index (χ4n) is 0.805. The van der Waals surface area contributed by atoms with Crippen LogP contribution in [0.1, 0.15) is 13.3 Å². The Hall–Kier alpha value is -0.400. The van der Waals surface area contributed by atoms with Crippen molar-refractivity contribution in [3.8, 4) is 0 Å². The quantitative estimate of drug-likeness (QED) is 0.386. The highest BCUT2D eigenvalue weighted by atomic mass is 33.1. The van der Waals surface area contributed by atoms with E-state index >= 15 is 0 Å². The molecule has 0 fully saturated rings. The van der Waals surface area contributed by atoms with Crippen LogP contribution in [0.4, 0.5) is 0 Å². The molecule has 0 aromatic rings. The highest BCUT2D eigenvalue weighted by molar-refractivity contribution is 8.76. The van der Waals surface area contributed by atoms with Crippen molar-refractivity contribution < 1.29 is 9.59 Å². The maximum Gasteiger partial charge on any atom is 0.235 e. The first-order valence-electron chi connectivity index (χ1n) is 4.63. The number of likely N-dealkylation sites (N-methyl/N-ethyl adjacent to an activating group) is 1. The molecule has 1 unspecified atom stereocenters. The molecule has 0 saturated carbocycles. The molecular formula is C8H17N3O2S2. The summed E-state index contributed by atoms with van der Waals surface area (Å²) in [4.78, 5) is 21.3. The van der Waals surface area contributed by atoms with Gasteiger partial charge in [-0.2, -0.15) is 0 Å². The van der Waals surface area contributed by atoms with Crippen molar-refractivity contribution in [2.45, 2.75) is 19.4 Å². The Morgan fingerprint density at radius 3 is 2.47 bits per heavy atom. The van der Waals surface area contributed by atoms with Crippen molar-refractivity contribution in [2.75, 3.05) is 18.1 Å². The van der Waals surface area contributed by atoms with E-state index in [1.807, 2.05) is 6.92 Å². The van der Waals surface area contributed by atoms with Gasteiger partial charge in [-0.3, -0.25) is 9.59 Å². The van der Waals surface area contributed by atoms with Gasteiger partial charge in [0.05, 0.1) is 6.04 Å². The Balaban J connectivity index is 3.53. The third-order valence-corrected chi connectivity index (χ3v) is 3.96. The first-order chi connectivity index (χ1) is 7.07. The molecule has 0 saturated heterocycles. The van der Waals surface area contributed by atoms with E-state index in [9.17, 15) is 9.59 Å². The van der Waals surface area contributed by atoms with Crippen LogP contribution < -0.4 is 16.8 Å². The molecule has 15 heavy (non-hydrogen) atoms. The van der Waals surface area contributed by atoms with Crippen LogP contribution in [0.15, 0.2) is 0 Å². The van der Waals surface area contributed by atoms with Gasteiger partial charge in [-0.15, -0.1) is 0 Å². The van der Waals surface area contributed by atoms with E-state index in [1.54, 1.807) is 0 Å². The Kier molecular flexibility index (Phi) is 8.64. The van der Waals surface area contributed by atoms with Gasteiger partial charge in [-0.05, 0) is 6.54 Å². The number of primary amides is 2. The standard InChI is InChI=1S/C8H17N3O2S2/c1-2-11-6(8(10)13)5-15-14-4-3-7(9)12/h6,11H,2-5H2,1H3,(H2,9,12)(H2,10,13). The number of rotatable bonds is 9. The van der Waals surface area contributed by atoms with Crippen molar-refractivity contribution in [3.05, 3.63) is 0 Å². The predicted octanol–water partition coefficient (Wildman–Crippen LogP) is -0.293. The molecule has 7 heteroatoms. The highest BCUT2D eigenvalue weighted by Crippen LogP contribution is 2.22. The Bertz CT molecular complexity index is 214. The Labute approximate surface area is 97.5 Å². The van der Waals surface area contributed by atoms with Gasteiger partial charge < -0.3 is 16.8 Å². The number of carbonyl (C=O) groups excluding carboxylic acids is 2. The first kappa shape index (κ1) is 14.6. The van der Waals surface area contributed by atoms with Crippen LogP contribution in [-0.2, 0) is 9.59 Å². The fourth-order valence-corrected chi connectivity index (χ4v) is 3.02. The molecule has 0 radical (unpaired) electrons. The van der Waals surface area contributed by atoms with Crippen molar-refractivity contribution in [1.82, 2.24) is 5.32 Å². The van der Waals surface area contributed by atoms with Crippen LogP contribution in [0, 0.1) is 0 Å². The van der Waals surface area contributed by atoms with Crippen LogP contribution in [0.3, 0.4) is 0 Å². The normalized spacial score (nSPS) is 12.3. The second kappa shape index (κ2) is 8.87. The Morgan fingerprint density at radius 1 is 1.33 bits per heavy atom. The summed E-state index contributed by atoms with van der Waals surface area (Å²) >= 11 is 0. The number of hydrogen-bond acceptors (Lipinski definition) is 5. The average Bonchev–Trinajstić information content (AvgIpc) is 2.15. The zero-order valence-electron chi connectivity index (χ0n) is 8.69. The number of hydrogen-bond donors (Lipinski definition) is 3. The van der Waals surface area contributed by atoms with Gasteiger partial charge in [0, 0.05) is 17.9 Å². The summed E-state index contributed by atoms with van der Waals surface area (Å²) < 4.78 is 0. The van der Waals surface area contributed by atoms with Gasteiger partial charge in [0.1, 0.15) is 0 Å². The maximum atomic E-state index is 10.9. The molecule has 2 amide bonds. The van der Waals surface area contributed by atoms with Crippen molar-refractivity contribution >= 4 is 33.4 Å². The largest absolute Gasteiger partial charge is 0.370 e. The lowest BCUT2D eigenvalue weighted by Gasteiger charge is -2.12. The lowest BCUT2D eigenvalue weighted by atomic mass is 10.3. The molecule has 0 spiro atoms. The van der Waals surface area contributed by atoms with Crippen LogP contribution >= 0.6 is 21.6 Å². The summed E-state index contributed by atoms with van der Waals surface area (Å²) in [6.45, 7) is 2.63. The van der Waals surface area contributed by atoms with Gasteiger partial charge in [-0.1, -0.05) is 28.5 Å². The van der Waals surface area contributed by atoms with Crippen LogP contribution in [0.5, 0.6) is 0 Å². The van der Waals surface area contributed by atoms with Crippen LogP contribution in [0.25, 0.3) is 0 Å². The van der Waals surface area contributed by atoms with Crippen molar-refractivity contribution in [3.63, 3.8) is 0 Å². The monoisotopic (exact) mass is 251 g/mol. The highest BCUT2D eigenvalue weighted by Gasteiger charge is 2.13. The minimum atomic E-state index is -0.347. The minimum Gasteiger partial charge on any atom is -0.370 e. The Morgan fingerprint density at radius 2 is 2.00 bits per heavy atom. The van der Waals surface area contributed by atoms with Gasteiger partial charge in [-0.25, -0.2) is 0 Å². The van der Waals surface area contributed by atoms with E-state index in [4.69, 9.17) is 11.5 Å². The molecular weight excluding hydrogens is 234 g/mol. The topological polar surface area (TPSA) is 98.2 Å². The molecule has 0 bridgehead atoms. The zero-order chi connectivity index (χ0) is 11.7. The van der Waals surface area contributed by atoms with E-state index in [-0.39, 0.29) is 17.9 Å². The zero-order valence-corrected chi connectivity index (χ0v) is 10.3. The minimum absolute atomic E-state index is 0.304. The number of amides is 2. The van der Waals surface area contributed by atoms with E-state index in [1.165, 1.54) is 21.6 Å². The summed E-state index contributed by atoms with van der Waals surface area (Å²) in [5.74, 6) is 0.616. The number of nitrogens with one attached hydrogen (secondary N) is 1. The van der Waals surface area contributed by atoms with E-state index < -0.39 is 0 Å². The molecule has 0 aromatic carbocycles. The summed E-state index contributed by atoms with van der Waals surface area (Å²) in [7, 11) is 3.04. The molecule has 0 aliphatic carbocycles. The molecule has 5 nitrogen and oxygen atoms in total. The fraction of sp³-hybridized carbons (Fsp3) is 0.750. The maximum absolute atomic E-state index is 10.9. The molecule has 0 aromatic heterocycles. The molecule has 0 rings (SSSR count). The van der Waals surface area contributed by atoms with Gasteiger partial charge in [0.2, 0.25) is 11.8 Å². The van der Waals surface area contributed by atoms with Crippen molar-refractivity contribution in [1.29, 1.82) is 0 Å². The van der Waals surface area contributed by atoms with Gasteiger partial charge in [0.25, 0.3) is 0 Å². The van der Waals surface area contributed by atoms with E-state index in [2.05, 4.69) is 5.32 Å². The smallest absolute Gasteiger partial charge is 0.235 e. The molecule has 0 heterocycles. The second-order valence-corrected chi connectivity index (χ2v) is 5.46. The SMILES string of the molecule is CCNC(CSSCCC(N)=O)C(N)=O. The molecule has 5 N–H and O–H groups in total. The lowest BCUT2D eigenvalue weighted by molar-refractivity contribution is -0.119. The first-order valence-corrected chi connectivity index (χ1v) is 7.12. The molecule has 0 aliphatic heterocycles. The average molecular weight is 251 g/mol. The second-order valence-electron chi connectivity index (χ2n) is 2.84. The number of nitrogens with two attached hydrogens (primary N) is 2. The summed E-state index contributed by atoms with van der Waals surface area (Å²) in [6.07, 6.45) is 0.361. The van der Waals surface area contributed by atoms with Crippen LogP contribution in [-0.4, -0.2) is 35.9 Å². The predicted molar refractivity (Wildman–Crippen MR) is 65.4 cm³/mol. The third kappa shape index (κ3) is 8.59. The lowest BCUT2D eigenvalue weighted by Crippen LogP contribution is -2.42. The number of carbonyl (C=O) groups is 2. The third-order valence-electron chi connectivity index (χ3n) is 1.54. The van der Waals surface area contributed by atoms with Gasteiger partial charge in [0.15, 0.2) is 0 Å². The summed E-state index contributed by atoms with van der Waals surface area (Å²) in [6, 6.07) is -0.305. The molecule has 88 valence electrons. The molecule has 1 atom stereocenters. The summed E-state index contributed by atoms with van der Waals surface area (Å²) in [5, 5.41) is 2.98. The van der Waals surface area contributed by atoms with E-state index in [0.717, 1.165) is 0 Å². The van der Waals surface area contributed by atoms with Crippen LogP contribution in [0.2, 0.25) is 0 Å². The van der Waals surface area contributed by atoms with Gasteiger partial charge >= 0.3 is 0 Å². The molecule has 0 aliphatic rings. The summed E-state index contributed by atoms with van der Waals surface area (Å²) in [5.41, 5.74) is 10.2.